The molecular weight excluding hydrogens is 390 g/mol. The number of aromatic nitrogens is 1. The number of benzene rings is 2. The molecule has 0 saturated carbocycles. The lowest BCUT2D eigenvalue weighted by molar-refractivity contribution is -0.384. The molecule has 0 spiro atoms. The fraction of sp³-hybridized carbons (Fsp3) is 0.222. The van der Waals surface area contributed by atoms with Crippen molar-refractivity contribution in [1.82, 2.24) is 4.57 Å². The van der Waals surface area contributed by atoms with E-state index >= 15 is 0 Å². The Morgan fingerprint density at radius 3 is 2.78 bits per heavy atom. The average molecular weight is 406 g/mol. The summed E-state index contributed by atoms with van der Waals surface area (Å²) in [4.78, 5) is 27.8. The van der Waals surface area contributed by atoms with Crippen LogP contribution in [0.15, 0.2) is 41.4 Å². The van der Waals surface area contributed by atoms with E-state index in [1.807, 2.05) is 29.7 Å². The monoisotopic (exact) mass is 405 g/mol. The zero-order valence-corrected chi connectivity index (χ0v) is 16.2. The predicted octanol–water partition coefficient (Wildman–Crippen LogP) is 4.42. The number of rotatable bonds is 5. The summed E-state index contributed by atoms with van der Waals surface area (Å²) in [5.41, 5.74) is 0.710. The lowest BCUT2D eigenvalue weighted by Crippen LogP contribution is -2.17. The van der Waals surface area contributed by atoms with Crippen LogP contribution in [0.25, 0.3) is 10.2 Å². The van der Waals surface area contributed by atoms with Gasteiger partial charge in [0.2, 0.25) is 0 Å². The first-order chi connectivity index (χ1) is 12.9. The molecule has 3 aromatic rings. The number of hydrogen-bond acceptors (Lipinski definition) is 5. The van der Waals surface area contributed by atoms with Gasteiger partial charge in [0.25, 0.3) is 11.6 Å². The highest BCUT2D eigenvalue weighted by Crippen LogP contribution is 2.25. The van der Waals surface area contributed by atoms with Gasteiger partial charge in [0, 0.05) is 24.7 Å². The minimum Gasteiger partial charge on any atom is -0.497 e. The number of ether oxygens (including phenoxy) is 1. The number of hydrogen-bond donors (Lipinski definition) is 0. The summed E-state index contributed by atoms with van der Waals surface area (Å²) in [5, 5.41) is 11.1. The number of non-ortho nitro benzene ring substituents is 1. The van der Waals surface area contributed by atoms with Crippen molar-refractivity contribution in [1.29, 1.82) is 0 Å². The minimum atomic E-state index is -0.618. The van der Waals surface area contributed by atoms with Gasteiger partial charge in [-0.3, -0.25) is 14.9 Å². The van der Waals surface area contributed by atoms with Gasteiger partial charge in [-0.25, -0.2) is 0 Å². The lowest BCUT2D eigenvalue weighted by Gasteiger charge is -2.04. The number of fused-ring (bicyclic) bond motifs is 1. The summed E-state index contributed by atoms with van der Waals surface area (Å²) in [5.74, 6) is 0.0943. The second kappa shape index (κ2) is 7.89. The van der Waals surface area contributed by atoms with Crippen molar-refractivity contribution in [3.63, 3.8) is 0 Å². The van der Waals surface area contributed by atoms with Crippen LogP contribution >= 0.6 is 22.9 Å². The Morgan fingerprint density at radius 2 is 2.11 bits per heavy atom. The molecule has 7 nitrogen and oxygen atoms in total. The van der Waals surface area contributed by atoms with Gasteiger partial charge in [-0.15, -0.1) is 0 Å². The quantitative estimate of drug-likeness (QED) is 0.464. The molecule has 140 valence electrons. The molecule has 0 radical (unpaired) electrons. The first kappa shape index (κ1) is 19.1. The molecule has 1 aromatic heterocycles. The Bertz CT molecular complexity index is 1100. The summed E-state index contributed by atoms with van der Waals surface area (Å²) in [6.45, 7) is 2.70. The largest absolute Gasteiger partial charge is 0.497 e. The third-order valence-corrected chi connectivity index (χ3v) is 5.31. The van der Waals surface area contributed by atoms with E-state index in [0.29, 0.717) is 17.1 Å². The zero-order valence-electron chi connectivity index (χ0n) is 14.6. The first-order valence-electron chi connectivity index (χ1n) is 8.15. The molecule has 0 N–H and O–H groups in total. The lowest BCUT2D eigenvalue weighted by atomic mass is 10.2. The molecule has 1 heterocycles. The Hall–Kier alpha value is -2.71. The molecule has 0 aliphatic carbocycles. The van der Waals surface area contributed by atoms with Crippen LogP contribution in [0.1, 0.15) is 23.7 Å². The number of aryl methyl sites for hydroxylation is 1. The zero-order chi connectivity index (χ0) is 19.6. The number of amides is 1. The Balaban J connectivity index is 2.15. The fourth-order valence-electron chi connectivity index (χ4n) is 2.64. The molecule has 0 bridgehead atoms. The highest BCUT2D eigenvalue weighted by atomic mass is 35.5. The molecule has 3 rings (SSSR count). The Kier molecular flexibility index (Phi) is 5.57. The second-order valence-corrected chi connectivity index (χ2v) is 7.12. The summed E-state index contributed by atoms with van der Waals surface area (Å²) in [6, 6.07) is 9.38. The van der Waals surface area contributed by atoms with E-state index in [4.69, 9.17) is 16.3 Å². The van der Waals surface area contributed by atoms with Crippen molar-refractivity contribution in [2.45, 2.75) is 19.9 Å². The van der Waals surface area contributed by atoms with Gasteiger partial charge < -0.3 is 9.30 Å². The molecule has 0 fully saturated rings. The van der Waals surface area contributed by atoms with Crippen LogP contribution in [-0.2, 0) is 6.54 Å². The van der Waals surface area contributed by atoms with E-state index in [2.05, 4.69) is 4.99 Å². The van der Waals surface area contributed by atoms with Gasteiger partial charge in [-0.2, -0.15) is 4.99 Å². The summed E-state index contributed by atoms with van der Waals surface area (Å²) in [7, 11) is 1.59. The predicted molar refractivity (Wildman–Crippen MR) is 105 cm³/mol. The smallest absolute Gasteiger partial charge is 0.281 e. The fourth-order valence-corrected chi connectivity index (χ4v) is 3.87. The van der Waals surface area contributed by atoms with Crippen LogP contribution in [0.2, 0.25) is 5.02 Å². The number of methoxy groups -OCH3 is 1. The Labute approximate surface area is 163 Å². The topological polar surface area (TPSA) is 86.7 Å². The van der Waals surface area contributed by atoms with E-state index < -0.39 is 10.8 Å². The van der Waals surface area contributed by atoms with E-state index in [1.54, 1.807) is 7.11 Å². The molecule has 27 heavy (non-hydrogen) atoms. The number of carbonyl (C=O) groups excluding carboxylic acids is 1. The number of nitro benzene ring substituents is 1. The van der Waals surface area contributed by atoms with Gasteiger partial charge in [0.15, 0.2) is 4.80 Å². The third kappa shape index (κ3) is 3.86. The van der Waals surface area contributed by atoms with Crippen LogP contribution in [0.5, 0.6) is 5.75 Å². The number of thiazole rings is 1. The van der Waals surface area contributed by atoms with Crippen LogP contribution in [-0.4, -0.2) is 22.5 Å². The highest BCUT2D eigenvalue weighted by molar-refractivity contribution is 7.16. The van der Waals surface area contributed by atoms with Crippen molar-refractivity contribution in [3.05, 3.63) is 61.9 Å². The van der Waals surface area contributed by atoms with Gasteiger partial charge in [-0.05, 0) is 24.6 Å². The first-order valence-corrected chi connectivity index (χ1v) is 9.34. The van der Waals surface area contributed by atoms with Crippen molar-refractivity contribution in [3.8, 4) is 5.75 Å². The van der Waals surface area contributed by atoms with E-state index in [-0.39, 0.29) is 16.3 Å². The molecule has 1 amide bonds. The van der Waals surface area contributed by atoms with Crippen molar-refractivity contribution in [2.24, 2.45) is 4.99 Å². The van der Waals surface area contributed by atoms with E-state index in [9.17, 15) is 14.9 Å². The summed E-state index contributed by atoms with van der Waals surface area (Å²) < 4.78 is 8.17. The minimum absolute atomic E-state index is 0.00366. The second-order valence-electron chi connectivity index (χ2n) is 5.71. The molecular formula is C18H16ClN3O4S. The van der Waals surface area contributed by atoms with Crippen LogP contribution < -0.4 is 9.54 Å². The third-order valence-electron chi connectivity index (χ3n) is 3.92. The van der Waals surface area contributed by atoms with E-state index in [0.717, 1.165) is 22.7 Å². The maximum atomic E-state index is 12.7. The maximum absolute atomic E-state index is 12.7. The normalized spacial score (nSPS) is 11.7. The maximum Gasteiger partial charge on any atom is 0.281 e. The Morgan fingerprint density at radius 1 is 1.33 bits per heavy atom. The van der Waals surface area contributed by atoms with Crippen LogP contribution in [0.3, 0.4) is 0 Å². The van der Waals surface area contributed by atoms with E-state index in [1.165, 1.54) is 23.5 Å². The average Bonchev–Trinajstić information content (AvgIpc) is 2.98. The van der Waals surface area contributed by atoms with Crippen LogP contribution in [0.4, 0.5) is 5.69 Å². The van der Waals surface area contributed by atoms with Gasteiger partial charge in [0.1, 0.15) is 5.75 Å². The molecule has 9 heteroatoms. The van der Waals surface area contributed by atoms with Gasteiger partial charge in [-0.1, -0.05) is 29.9 Å². The van der Waals surface area contributed by atoms with Gasteiger partial charge in [0.05, 0.1) is 32.8 Å². The molecule has 2 aromatic carbocycles. The molecule has 0 aliphatic rings. The summed E-state index contributed by atoms with van der Waals surface area (Å²) in [6.07, 6.45) is 0.849. The van der Waals surface area contributed by atoms with Crippen molar-refractivity contribution in [2.75, 3.05) is 7.11 Å². The summed E-state index contributed by atoms with van der Waals surface area (Å²) >= 11 is 7.42. The molecule has 0 saturated heterocycles. The molecule has 0 unspecified atom stereocenters. The molecule has 0 aliphatic heterocycles. The number of nitro groups is 1. The molecule has 0 atom stereocenters. The number of nitrogens with zero attached hydrogens (tertiary/aromatic N) is 3. The van der Waals surface area contributed by atoms with Crippen LogP contribution in [0, 0.1) is 10.1 Å². The van der Waals surface area contributed by atoms with Crippen molar-refractivity contribution >= 4 is 44.7 Å². The standard InChI is InChI=1S/C18H16ClN3O4S/c1-3-8-21-15-10-12(26-2)5-7-16(15)27-18(21)20-17(23)13-9-11(22(24)25)4-6-14(13)19/h4-7,9-10H,3,8H2,1-2H3. The SMILES string of the molecule is CCCn1c(=NC(=O)c2cc([N+](=O)[O-])ccc2Cl)sc2ccc(OC)cc21. The van der Waals surface area contributed by atoms with Gasteiger partial charge >= 0.3 is 0 Å². The number of carbonyl (C=O) groups is 1. The highest BCUT2D eigenvalue weighted by Gasteiger charge is 2.16. The van der Waals surface area contributed by atoms with Crippen molar-refractivity contribution < 1.29 is 14.5 Å². The number of halogens is 1.